The number of nitrogens with two attached hydrogens (primary N) is 1. The van der Waals surface area contributed by atoms with Crippen molar-refractivity contribution in [3.8, 4) is 5.75 Å². The molecule has 1 aliphatic heterocycles. The van der Waals surface area contributed by atoms with E-state index in [2.05, 4.69) is 14.7 Å². The highest BCUT2D eigenvalue weighted by Gasteiger charge is 2.37. The third kappa shape index (κ3) is 3.75. The van der Waals surface area contributed by atoms with Gasteiger partial charge in [-0.25, -0.2) is 4.98 Å². The van der Waals surface area contributed by atoms with Gasteiger partial charge in [-0.3, -0.25) is 28.6 Å². The van der Waals surface area contributed by atoms with E-state index in [-0.39, 0.29) is 39.7 Å². The summed E-state index contributed by atoms with van der Waals surface area (Å²) in [6.07, 6.45) is 2.15. The van der Waals surface area contributed by atoms with Gasteiger partial charge in [0, 0.05) is 12.7 Å². The topological polar surface area (TPSA) is 189 Å². The second-order valence-electron chi connectivity index (χ2n) is 7.96. The number of nitro benzene ring substituents is 1. The van der Waals surface area contributed by atoms with Crippen molar-refractivity contribution in [1.82, 2.24) is 9.55 Å². The van der Waals surface area contributed by atoms with Crippen LogP contribution in [-0.4, -0.2) is 34.5 Å². The monoisotopic (exact) mass is 474 g/mol. The molecular formula is C20H22N6O6S. The zero-order chi connectivity index (χ0) is 24.1. The van der Waals surface area contributed by atoms with E-state index in [9.17, 15) is 29.1 Å². The zero-order valence-corrected chi connectivity index (χ0v) is 18.5. The Morgan fingerprint density at radius 2 is 2.03 bits per heavy atom. The molecule has 0 spiro atoms. The predicted molar refractivity (Wildman–Crippen MR) is 126 cm³/mol. The number of nitrogen functional groups attached to an aromatic ring is 1. The van der Waals surface area contributed by atoms with Crippen molar-refractivity contribution < 1.29 is 19.1 Å². The molecule has 0 saturated carbocycles. The van der Waals surface area contributed by atoms with E-state index >= 15 is 0 Å². The molecule has 6 N–H and O–H groups in total. The number of fused-ring (bicyclic) bond motifs is 2. The van der Waals surface area contributed by atoms with E-state index in [1.54, 1.807) is 12.1 Å². The van der Waals surface area contributed by atoms with Crippen molar-refractivity contribution in [3.05, 3.63) is 56.5 Å². The van der Waals surface area contributed by atoms with Crippen LogP contribution < -0.4 is 16.6 Å². The summed E-state index contributed by atoms with van der Waals surface area (Å²) in [7, 11) is -4.13. The number of pyridine rings is 2. The number of nitrogens with one attached hydrogen (secondary N) is 1. The number of amidine groups is 1. The van der Waals surface area contributed by atoms with Crippen molar-refractivity contribution in [3.63, 3.8) is 0 Å². The Morgan fingerprint density at radius 1 is 1.30 bits per heavy atom. The van der Waals surface area contributed by atoms with E-state index in [0.29, 0.717) is 13.0 Å². The number of anilines is 2. The van der Waals surface area contributed by atoms with Crippen LogP contribution >= 0.6 is 10.8 Å². The van der Waals surface area contributed by atoms with Gasteiger partial charge < -0.3 is 16.2 Å². The molecule has 1 aromatic carbocycles. The van der Waals surface area contributed by atoms with Gasteiger partial charge in [0.05, 0.1) is 16.0 Å². The Kier molecular flexibility index (Phi) is 5.47. The van der Waals surface area contributed by atoms with E-state index in [1.807, 2.05) is 13.8 Å². The molecular weight excluding hydrogens is 452 g/mol. The van der Waals surface area contributed by atoms with Crippen LogP contribution in [0.2, 0.25) is 0 Å². The summed E-state index contributed by atoms with van der Waals surface area (Å²) in [6.45, 7) is 4.30. The smallest absolute Gasteiger partial charge is 0.319 e. The molecule has 4 rings (SSSR count). The molecule has 1 aliphatic rings. The predicted octanol–water partition coefficient (Wildman–Crippen LogP) is 3.54. The first-order valence-electron chi connectivity index (χ1n) is 9.95. The summed E-state index contributed by atoms with van der Waals surface area (Å²) in [5.41, 5.74) is 3.99. The fraction of sp³-hybridized carbons (Fsp3) is 0.250. The first kappa shape index (κ1) is 22.5. The van der Waals surface area contributed by atoms with E-state index in [0.717, 1.165) is 0 Å². The van der Waals surface area contributed by atoms with Crippen LogP contribution in [0.15, 0.2) is 44.6 Å². The highest BCUT2D eigenvalue weighted by molar-refractivity contribution is 8.23. The quantitative estimate of drug-likeness (QED) is 0.209. The minimum Gasteiger partial charge on any atom is -0.506 e. The number of aromatic nitrogens is 2. The van der Waals surface area contributed by atoms with Gasteiger partial charge in [-0.1, -0.05) is 24.6 Å². The van der Waals surface area contributed by atoms with Gasteiger partial charge in [0.1, 0.15) is 22.6 Å². The van der Waals surface area contributed by atoms with Crippen LogP contribution in [-0.2, 0) is 6.54 Å². The molecule has 0 radical (unpaired) electrons. The lowest BCUT2D eigenvalue weighted by atomic mass is 10.1. The van der Waals surface area contributed by atoms with Crippen LogP contribution in [0.4, 0.5) is 17.1 Å². The van der Waals surface area contributed by atoms with Gasteiger partial charge in [-0.05, 0) is 36.6 Å². The van der Waals surface area contributed by atoms with Crippen LogP contribution in [0.25, 0.3) is 11.0 Å². The third-order valence-corrected chi connectivity index (χ3v) is 6.65. The Morgan fingerprint density at radius 3 is 2.70 bits per heavy atom. The number of benzene rings is 1. The van der Waals surface area contributed by atoms with Crippen LogP contribution in [0.5, 0.6) is 5.75 Å². The first-order valence-corrected chi connectivity index (χ1v) is 11.5. The van der Waals surface area contributed by atoms with Crippen molar-refractivity contribution in [1.29, 1.82) is 0 Å². The second kappa shape index (κ2) is 8.03. The Hall–Kier alpha value is -3.68. The molecule has 0 bridgehead atoms. The fourth-order valence-electron chi connectivity index (χ4n) is 3.65. The average Bonchev–Trinajstić information content (AvgIpc) is 2.73. The third-order valence-electron chi connectivity index (χ3n) is 5.25. The lowest BCUT2D eigenvalue weighted by Gasteiger charge is -2.33. The lowest BCUT2D eigenvalue weighted by molar-refractivity contribution is -0.386. The molecule has 0 atom stereocenters. The van der Waals surface area contributed by atoms with Crippen LogP contribution in [0.3, 0.4) is 0 Å². The molecule has 2 aromatic heterocycles. The summed E-state index contributed by atoms with van der Waals surface area (Å²) < 4.78 is 26.6. The number of hydrogen-bond donors (Lipinski definition) is 5. The molecule has 33 heavy (non-hydrogen) atoms. The molecule has 3 heterocycles. The molecule has 0 amide bonds. The number of aryl methyl sites for hydroxylation is 1. The van der Waals surface area contributed by atoms with Crippen molar-refractivity contribution >= 4 is 44.7 Å². The summed E-state index contributed by atoms with van der Waals surface area (Å²) in [4.78, 5) is 27.8. The summed E-state index contributed by atoms with van der Waals surface area (Å²) in [5.74, 6) is -0.491. The standard InChI is InChI=1S/C20H22N6O6S/c1-10(2)7-9-25-19-11(4-3-8-22-19)16(27)14(20(25)28)18-23-13-6-5-12(21)15(26(29)30)17(13)33(31,32)24-18/h3-6,8,10,27,31-32H,7,9,21H2,1-2H3,(H,23,24). The van der Waals surface area contributed by atoms with Gasteiger partial charge in [0.2, 0.25) is 0 Å². The molecule has 0 fully saturated rings. The average molecular weight is 474 g/mol. The molecule has 0 aliphatic carbocycles. The maximum Gasteiger partial charge on any atom is 0.319 e. The van der Waals surface area contributed by atoms with Crippen molar-refractivity contribution in [2.45, 2.75) is 31.7 Å². The van der Waals surface area contributed by atoms with Gasteiger partial charge in [-0.2, -0.15) is 0 Å². The summed E-state index contributed by atoms with van der Waals surface area (Å²) >= 11 is 0. The maximum atomic E-state index is 13.4. The Bertz CT molecular complexity index is 1380. The largest absolute Gasteiger partial charge is 0.506 e. The minimum absolute atomic E-state index is 0.0558. The zero-order valence-electron chi connectivity index (χ0n) is 17.7. The normalized spacial score (nSPS) is 15.6. The van der Waals surface area contributed by atoms with E-state index in [4.69, 9.17) is 5.73 Å². The molecule has 3 aromatic rings. The van der Waals surface area contributed by atoms with Crippen LogP contribution in [0, 0.1) is 16.0 Å². The first-order chi connectivity index (χ1) is 15.5. The molecule has 12 nitrogen and oxygen atoms in total. The molecule has 0 unspecified atom stereocenters. The molecule has 13 heteroatoms. The summed E-state index contributed by atoms with van der Waals surface area (Å²) in [6, 6.07) is 5.71. The van der Waals surface area contributed by atoms with Gasteiger partial charge >= 0.3 is 5.69 Å². The second-order valence-corrected chi connectivity index (χ2v) is 9.59. The van der Waals surface area contributed by atoms with Gasteiger partial charge in [0.25, 0.3) is 5.56 Å². The fourth-order valence-corrected chi connectivity index (χ4v) is 5.00. The highest BCUT2D eigenvalue weighted by Crippen LogP contribution is 2.60. The number of nitro groups is 1. The van der Waals surface area contributed by atoms with Crippen molar-refractivity contribution in [2.75, 3.05) is 11.1 Å². The summed E-state index contributed by atoms with van der Waals surface area (Å²) in [5, 5.41) is 25.4. The Labute approximate surface area is 189 Å². The molecule has 0 saturated heterocycles. The SMILES string of the molecule is CC(C)CCn1c(=O)c(C2=NS(O)(O)c3c(ccc(N)c3[N+](=O)[O-])N2)c(O)c2cccnc21. The highest BCUT2D eigenvalue weighted by atomic mass is 32.3. The minimum atomic E-state index is -4.13. The van der Waals surface area contributed by atoms with Gasteiger partial charge in [-0.15, -0.1) is 4.40 Å². The van der Waals surface area contributed by atoms with Crippen molar-refractivity contribution in [2.24, 2.45) is 10.3 Å². The molecule has 174 valence electrons. The Balaban J connectivity index is 1.97. The number of nitrogens with zero attached hydrogens (tertiary/aromatic N) is 4. The van der Waals surface area contributed by atoms with E-state index in [1.165, 1.54) is 22.9 Å². The number of rotatable bonds is 5. The number of hydrogen-bond acceptors (Lipinski definition) is 10. The number of aromatic hydroxyl groups is 1. The van der Waals surface area contributed by atoms with Crippen LogP contribution in [0.1, 0.15) is 25.8 Å². The van der Waals surface area contributed by atoms with E-state index < -0.39 is 37.6 Å². The maximum absolute atomic E-state index is 13.4. The van der Waals surface area contributed by atoms with Gasteiger partial charge in [0.15, 0.2) is 10.7 Å². The lowest BCUT2D eigenvalue weighted by Crippen LogP contribution is -2.33.